The Hall–Kier alpha value is -4.59. The van der Waals surface area contributed by atoms with Gasteiger partial charge < -0.3 is 31.1 Å². The molecule has 10 nitrogen and oxygen atoms in total. The van der Waals surface area contributed by atoms with E-state index < -0.39 is 52.0 Å². The third-order valence-corrected chi connectivity index (χ3v) is 8.39. The number of hydrogen-bond acceptors (Lipinski definition) is 9. The number of primary amides is 1. The maximum Gasteiger partial charge on any atom is 0.255 e. The van der Waals surface area contributed by atoms with Crippen molar-refractivity contribution in [3.05, 3.63) is 75.6 Å². The number of carbonyl (C=O) groups excluding carboxylic acids is 3. The van der Waals surface area contributed by atoms with Gasteiger partial charge in [-0.3, -0.25) is 19.3 Å². The smallest absolute Gasteiger partial charge is 0.255 e. The lowest BCUT2D eigenvalue weighted by atomic mass is 9.59. The van der Waals surface area contributed by atoms with E-state index >= 15 is 0 Å². The first kappa shape index (κ1) is 28.9. The first-order chi connectivity index (χ1) is 19.9. The molecule has 1 amide bonds. The number of nitrogens with two attached hydrogens (primary N) is 1. The van der Waals surface area contributed by atoms with E-state index in [2.05, 4.69) is 11.8 Å². The van der Waals surface area contributed by atoms with Gasteiger partial charge in [0.15, 0.2) is 11.4 Å². The second-order valence-corrected chi connectivity index (χ2v) is 11.4. The molecule has 2 aromatic rings. The van der Waals surface area contributed by atoms with Crippen molar-refractivity contribution in [2.75, 3.05) is 32.6 Å². The maximum absolute atomic E-state index is 13.8. The molecule has 3 atom stereocenters. The molecule has 3 aliphatic carbocycles. The minimum absolute atomic E-state index is 0.0234. The summed E-state index contributed by atoms with van der Waals surface area (Å²) in [5.41, 5.74) is 4.34. The number of aliphatic hydroxyl groups excluding tert-OH is 2. The van der Waals surface area contributed by atoms with Gasteiger partial charge in [-0.05, 0) is 43.0 Å². The second kappa shape index (κ2) is 10.7. The van der Waals surface area contributed by atoms with Crippen molar-refractivity contribution in [3.63, 3.8) is 0 Å². The van der Waals surface area contributed by atoms with E-state index in [1.165, 1.54) is 0 Å². The van der Waals surface area contributed by atoms with E-state index in [-0.39, 0.29) is 41.7 Å². The van der Waals surface area contributed by atoms with Gasteiger partial charge in [-0.1, -0.05) is 42.2 Å². The number of phenols is 1. The fourth-order valence-corrected chi connectivity index (χ4v) is 6.38. The molecule has 3 aliphatic rings. The first-order valence-electron chi connectivity index (χ1n) is 13.6. The van der Waals surface area contributed by atoms with E-state index in [9.17, 15) is 34.8 Å². The lowest BCUT2D eigenvalue weighted by molar-refractivity contribution is -0.147. The number of carbonyl (C=O) groups is 3. The van der Waals surface area contributed by atoms with Crippen LogP contribution < -0.4 is 10.6 Å². The Morgan fingerprint density at radius 2 is 1.79 bits per heavy atom. The third-order valence-electron chi connectivity index (χ3n) is 8.39. The highest BCUT2D eigenvalue weighted by Gasteiger charge is 2.60. The zero-order valence-electron chi connectivity index (χ0n) is 23.6. The molecule has 0 heterocycles. The van der Waals surface area contributed by atoms with Crippen molar-refractivity contribution in [1.29, 1.82) is 0 Å². The van der Waals surface area contributed by atoms with Crippen molar-refractivity contribution in [3.8, 4) is 17.6 Å². The number of rotatable bonds is 5. The van der Waals surface area contributed by atoms with Crippen LogP contribution in [0.1, 0.15) is 35.1 Å². The van der Waals surface area contributed by atoms with Gasteiger partial charge in [-0.15, -0.1) is 0 Å². The number of nitrogens with zero attached hydrogens (tertiary/aromatic N) is 2. The molecule has 1 saturated carbocycles. The molecule has 5 rings (SSSR count). The zero-order chi connectivity index (χ0) is 30.5. The number of benzene rings is 2. The summed E-state index contributed by atoms with van der Waals surface area (Å²) in [6.07, 6.45) is -0.0597. The number of aliphatic hydroxyl groups is 3. The molecule has 0 spiro atoms. The standard InChI is InChI=1S/C32H33N3O7/c1-34(2)22-14-18(10-7-11-35(3)16-17-8-5-4-6-9-17)27(37)25-21(22)13-19-12-20-15-23(36)26(31(33)41)30(40)32(20,42)29(39)24(19)28(25)38/h4-6,8-9,14,19-20,37-38,40,42H,11-13,15-16H2,1-3H3,(H2,33,41)/t19?,20-,32-/m0/s1. The molecule has 0 aliphatic heterocycles. The van der Waals surface area contributed by atoms with Crippen LogP contribution in [0.25, 0.3) is 5.76 Å². The van der Waals surface area contributed by atoms with Crippen molar-refractivity contribution in [2.24, 2.45) is 17.6 Å². The van der Waals surface area contributed by atoms with Crippen LogP contribution in [0.3, 0.4) is 0 Å². The Morgan fingerprint density at radius 3 is 2.43 bits per heavy atom. The monoisotopic (exact) mass is 571 g/mol. The van der Waals surface area contributed by atoms with E-state index in [0.29, 0.717) is 24.3 Å². The largest absolute Gasteiger partial charge is 0.508 e. The number of hydrogen-bond donors (Lipinski definition) is 5. The van der Waals surface area contributed by atoms with E-state index in [1.54, 1.807) is 6.07 Å². The maximum atomic E-state index is 13.8. The average molecular weight is 572 g/mol. The number of Topliss-reactive ketones (excluding diaryl/α,β-unsaturated/α-hetero) is 2. The van der Waals surface area contributed by atoms with Gasteiger partial charge >= 0.3 is 0 Å². The van der Waals surface area contributed by atoms with Crippen molar-refractivity contribution >= 4 is 28.9 Å². The van der Waals surface area contributed by atoms with Crippen LogP contribution in [-0.2, 0) is 27.3 Å². The van der Waals surface area contributed by atoms with Crippen LogP contribution in [0.2, 0.25) is 0 Å². The fourth-order valence-electron chi connectivity index (χ4n) is 6.38. The molecule has 6 N–H and O–H groups in total. The van der Waals surface area contributed by atoms with Crippen LogP contribution in [0.4, 0.5) is 5.69 Å². The predicted octanol–water partition coefficient (Wildman–Crippen LogP) is 1.97. The number of ketones is 2. The van der Waals surface area contributed by atoms with Crippen molar-refractivity contribution < 1.29 is 34.8 Å². The molecule has 2 aromatic carbocycles. The summed E-state index contributed by atoms with van der Waals surface area (Å²) in [5, 5.41) is 45.0. The highest BCUT2D eigenvalue weighted by Crippen LogP contribution is 2.53. The molecule has 0 saturated heterocycles. The molecule has 10 heteroatoms. The van der Waals surface area contributed by atoms with Gasteiger partial charge in [0.1, 0.15) is 22.8 Å². The van der Waals surface area contributed by atoms with Crippen LogP contribution in [-0.4, -0.2) is 76.1 Å². The molecule has 0 radical (unpaired) electrons. The van der Waals surface area contributed by atoms with Crippen LogP contribution >= 0.6 is 0 Å². The van der Waals surface area contributed by atoms with E-state index in [0.717, 1.165) is 5.56 Å². The highest BCUT2D eigenvalue weighted by atomic mass is 16.3. The molecular weight excluding hydrogens is 538 g/mol. The lowest BCUT2D eigenvalue weighted by Gasteiger charge is -2.46. The Balaban J connectivity index is 1.56. The Labute approximate surface area is 243 Å². The molecule has 0 bridgehead atoms. The Morgan fingerprint density at radius 1 is 1.10 bits per heavy atom. The molecule has 218 valence electrons. The zero-order valence-corrected chi connectivity index (χ0v) is 23.6. The van der Waals surface area contributed by atoms with E-state index in [4.69, 9.17) is 5.73 Å². The summed E-state index contributed by atoms with van der Waals surface area (Å²) in [6, 6.07) is 11.7. The quantitative estimate of drug-likeness (QED) is 0.267. The second-order valence-electron chi connectivity index (χ2n) is 11.4. The molecule has 0 aromatic heterocycles. The first-order valence-corrected chi connectivity index (χ1v) is 13.6. The van der Waals surface area contributed by atoms with Gasteiger partial charge in [0.2, 0.25) is 5.78 Å². The van der Waals surface area contributed by atoms with Gasteiger partial charge in [0.05, 0.1) is 17.7 Å². The SMILES string of the molecule is CN(CC#Cc1cc(N(C)C)c2c(c1O)C(O)=C1C(=O)[C@]3(O)C(O)=C(C(N)=O)C(=O)C[C@@H]3CC1C2)Cc1ccccc1. The number of fused-ring (bicyclic) bond motifs is 3. The average Bonchev–Trinajstić information content (AvgIpc) is 2.92. The predicted molar refractivity (Wildman–Crippen MR) is 155 cm³/mol. The lowest BCUT2D eigenvalue weighted by Crippen LogP contribution is -2.58. The Bertz CT molecular complexity index is 1630. The van der Waals surface area contributed by atoms with Gasteiger partial charge in [0.25, 0.3) is 5.91 Å². The fraction of sp³-hybridized carbons (Fsp3) is 0.344. The van der Waals surface area contributed by atoms with Crippen LogP contribution in [0, 0.1) is 23.7 Å². The number of phenolic OH excluding ortho intramolecular Hbond substituents is 1. The topological polar surface area (TPSA) is 165 Å². The normalized spacial score (nSPS) is 23.2. The Kier molecular flexibility index (Phi) is 7.35. The molecule has 1 fully saturated rings. The number of aromatic hydroxyl groups is 1. The molecular formula is C32H33N3O7. The van der Waals surface area contributed by atoms with Gasteiger partial charge in [-0.25, -0.2) is 0 Å². The van der Waals surface area contributed by atoms with Gasteiger partial charge in [-0.2, -0.15) is 0 Å². The van der Waals surface area contributed by atoms with Crippen LogP contribution in [0.15, 0.2) is 53.3 Å². The molecule has 1 unspecified atom stereocenters. The summed E-state index contributed by atoms with van der Waals surface area (Å²) in [7, 11) is 5.55. The summed E-state index contributed by atoms with van der Waals surface area (Å²) >= 11 is 0. The third kappa shape index (κ3) is 4.61. The minimum atomic E-state index is -2.60. The molecule has 42 heavy (non-hydrogen) atoms. The number of amides is 1. The van der Waals surface area contributed by atoms with Crippen LogP contribution in [0.5, 0.6) is 5.75 Å². The summed E-state index contributed by atoms with van der Waals surface area (Å²) in [4.78, 5) is 42.0. The summed E-state index contributed by atoms with van der Waals surface area (Å²) in [5.74, 6) is -0.536. The van der Waals surface area contributed by atoms with Crippen molar-refractivity contribution in [2.45, 2.75) is 31.4 Å². The van der Waals surface area contributed by atoms with E-state index in [1.807, 2.05) is 61.3 Å². The summed E-state index contributed by atoms with van der Waals surface area (Å²) in [6.45, 7) is 1.08. The highest BCUT2D eigenvalue weighted by molar-refractivity contribution is 6.22. The summed E-state index contributed by atoms with van der Waals surface area (Å²) < 4.78 is 0. The minimum Gasteiger partial charge on any atom is -0.508 e. The van der Waals surface area contributed by atoms with Gasteiger partial charge in [0, 0.05) is 44.2 Å². The number of anilines is 1. The van der Waals surface area contributed by atoms with Crippen molar-refractivity contribution in [1.82, 2.24) is 4.90 Å².